The van der Waals surface area contributed by atoms with E-state index in [-0.39, 0.29) is 5.75 Å². The molecule has 2 atom stereocenters. The molecule has 0 amide bonds. The Labute approximate surface area is 124 Å². The van der Waals surface area contributed by atoms with Crippen molar-refractivity contribution < 1.29 is 18.3 Å². The van der Waals surface area contributed by atoms with Crippen LogP contribution in [0.25, 0.3) is 0 Å². The number of ether oxygens (including phenoxy) is 1. The second kappa shape index (κ2) is 6.02. The van der Waals surface area contributed by atoms with Crippen LogP contribution in [-0.4, -0.2) is 43.3 Å². The number of hydrogen-bond acceptors (Lipinski definition) is 5. The molecule has 0 radical (unpaired) electrons. The van der Waals surface area contributed by atoms with Gasteiger partial charge in [-0.1, -0.05) is 0 Å². The van der Waals surface area contributed by atoms with Crippen molar-refractivity contribution in [1.82, 2.24) is 4.31 Å². The minimum atomic E-state index is -3.47. The predicted octanol–water partition coefficient (Wildman–Crippen LogP) is 1.02. The molecule has 0 bridgehead atoms. The van der Waals surface area contributed by atoms with Gasteiger partial charge in [0, 0.05) is 19.0 Å². The van der Waals surface area contributed by atoms with Crippen LogP contribution in [0.4, 0.5) is 0 Å². The van der Waals surface area contributed by atoms with Gasteiger partial charge in [0.05, 0.1) is 36.1 Å². The zero-order chi connectivity index (χ0) is 15.6. The first kappa shape index (κ1) is 15.8. The van der Waals surface area contributed by atoms with Crippen molar-refractivity contribution in [2.75, 3.05) is 19.4 Å². The molecule has 1 aliphatic rings. The largest absolute Gasteiger partial charge is 0.493 e. The molecule has 1 aromatic rings. The van der Waals surface area contributed by atoms with Crippen LogP contribution in [0.5, 0.6) is 5.75 Å². The number of aliphatic hydroxyl groups is 1. The van der Waals surface area contributed by atoms with Gasteiger partial charge in [0.2, 0.25) is 10.0 Å². The van der Waals surface area contributed by atoms with Crippen molar-refractivity contribution in [3.8, 4) is 11.8 Å². The Morgan fingerprint density at radius 2 is 2.24 bits per heavy atom. The first-order valence-corrected chi connectivity index (χ1v) is 8.32. The summed E-state index contributed by atoms with van der Waals surface area (Å²) in [5.74, 6) is 0.453. The molecule has 0 aromatic heterocycles. The number of nitriles is 1. The maximum absolute atomic E-state index is 12.1. The van der Waals surface area contributed by atoms with Gasteiger partial charge in [-0.25, -0.2) is 8.42 Å². The van der Waals surface area contributed by atoms with Gasteiger partial charge in [-0.05, 0) is 25.1 Å². The lowest BCUT2D eigenvalue weighted by molar-refractivity contribution is 0.0869. The fourth-order valence-electron chi connectivity index (χ4n) is 2.45. The normalized spacial score (nSPS) is 22.0. The van der Waals surface area contributed by atoms with Gasteiger partial charge in [0.15, 0.2) is 0 Å². The number of nitrogens with zero attached hydrogens (tertiary/aromatic N) is 2. The van der Waals surface area contributed by atoms with Crippen LogP contribution >= 0.6 is 0 Å². The van der Waals surface area contributed by atoms with E-state index in [0.717, 1.165) is 0 Å². The van der Waals surface area contributed by atoms with Crippen LogP contribution in [0.1, 0.15) is 30.5 Å². The molecule has 114 valence electrons. The van der Waals surface area contributed by atoms with Gasteiger partial charge >= 0.3 is 0 Å². The summed E-state index contributed by atoms with van der Waals surface area (Å²) in [5, 5.41) is 19.3. The SMILES string of the molecule is CCS(=O)(=O)N(C)[C@@H]1c2cc(C#N)ccc2OCC[C@H]1O. The van der Waals surface area contributed by atoms with Crippen molar-refractivity contribution in [3.05, 3.63) is 29.3 Å². The van der Waals surface area contributed by atoms with E-state index in [0.29, 0.717) is 29.9 Å². The molecule has 0 saturated heterocycles. The van der Waals surface area contributed by atoms with Crippen LogP contribution < -0.4 is 4.74 Å². The maximum atomic E-state index is 12.1. The first-order valence-electron chi connectivity index (χ1n) is 6.71. The smallest absolute Gasteiger partial charge is 0.214 e. The molecule has 0 aliphatic carbocycles. The molecule has 2 rings (SSSR count). The lowest BCUT2D eigenvalue weighted by Gasteiger charge is -2.30. The van der Waals surface area contributed by atoms with Gasteiger partial charge in [0.1, 0.15) is 5.75 Å². The number of aliphatic hydroxyl groups excluding tert-OH is 1. The maximum Gasteiger partial charge on any atom is 0.214 e. The molecule has 0 spiro atoms. The lowest BCUT2D eigenvalue weighted by Crippen LogP contribution is -2.38. The Morgan fingerprint density at radius 1 is 1.52 bits per heavy atom. The lowest BCUT2D eigenvalue weighted by atomic mass is 9.98. The Kier molecular flexibility index (Phi) is 4.52. The molecule has 0 unspecified atom stereocenters. The molecule has 0 saturated carbocycles. The Balaban J connectivity index is 2.56. The topological polar surface area (TPSA) is 90.6 Å². The summed E-state index contributed by atoms with van der Waals surface area (Å²) in [4.78, 5) is 0. The fraction of sp³-hybridized carbons (Fsp3) is 0.500. The summed E-state index contributed by atoms with van der Waals surface area (Å²) in [6.07, 6.45) is -0.559. The number of rotatable bonds is 3. The van der Waals surface area contributed by atoms with Crippen molar-refractivity contribution >= 4 is 10.0 Å². The summed E-state index contributed by atoms with van der Waals surface area (Å²) in [7, 11) is -2.03. The highest BCUT2D eigenvalue weighted by molar-refractivity contribution is 7.89. The van der Waals surface area contributed by atoms with E-state index < -0.39 is 22.2 Å². The Morgan fingerprint density at radius 3 is 2.86 bits per heavy atom. The van der Waals surface area contributed by atoms with Gasteiger partial charge < -0.3 is 9.84 Å². The van der Waals surface area contributed by atoms with Crippen molar-refractivity contribution in [2.24, 2.45) is 0 Å². The second-order valence-corrected chi connectivity index (χ2v) is 7.25. The third kappa shape index (κ3) is 3.02. The van der Waals surface area contributed by atoms with E-state index in [9.17, 15) is 13.5 Å². The minimum absolute atomic E-state index is 0.0547. The third-order valence-electron chi connectivity index (χ3n) is 3.69. The molecule has 1 N–H and O–H groups in total. The quantitative estimate of drug-likeness (QED) is 0.900. The standard InChI is InChI=1S/C14H18N2O4S/c1-3-21(18,19)16(2)14-11-8-10(9-15)4-5-13(11)20-7-6-12(14)17/h4-5,8,12,14,17H,3,6-7H2,1-2H3/t12-,14-/m1/s1. The molecule has 7 heteroatoms. The summed E-state index contributed by atoms with van der Waals surface area (Å²) >= 11 is 0. The van der Waals surface area contributed by atoms with E-state index in [1.54, 1.807) is 25.1 Å². The average molecular weight is 310 g/mol. The monoisotopic (exact) mass is 310 g/mol. The molecular formula is C14H18N2O4S. The number of fused-ring (bicyclic) bond motifs is 1. The van der Waals surface area contributed by atoms with Crippen LogP contribution in [0.2, 0.25) is 0 Å². The molecule has 1 heterocycles. The molecule has 1 aromatic carbocycles. The summed E-state index contributed by atoms with van der Waals surface area (Å²) in [6, 6.07) is 6.11. The van der Waals surface area contributed by atoms with E-state index in [1.165, 1.54) is 11.4 Å². The van der Waals surface area contributed by atoms with Gasteiger partial charge in [-0.2, -0.15) is 9.57 Å². The summed E-state index contributed by atoms with van der Waals surface area (Å²) in [5.41, 5.74) is 0.928. The van der Waals surface area contributed by atoms with Gasteiger partial charge in [0.25, 0.3) is 0 Å². The van der Waals surface area contributed by atoms with E-state index >= 15 is 0 Å². The van der Waals surface area contributed by atoms with Crippen LogP contribution in [-0.2, 0) is 10.0 Å². The summed E-state index contributed by atoms with van der Waals surface area (Å²) in [6.45, 7) is 1.86. The Bertz CT molecular complexity index is 666. The van der Waals surface area contributed by atoms with Crippen LogP contribution in [0, 0.1) is 11.3 Å². The highest BCUT2D eigenvalue weighted by Gasteiger charge is 2.35. The van der Waals surface area contributed by atoms with Gasteiger partial charge in [-0.15, -0.1) is 0 Å². The van der Waals surface area contributed by atoms with Crippen molar-refractivity contribution in [1.29, 1.82) is 5.26 Å². The molecule has 6 nitrogen and oxygen atoms in total. The fourth-order valence-corrected chi connectivity index (χ4v) is 3.46. The number of hydrogen-bond donors (Lipinski definition) is 1. The second-order valence-electron chi connectivity index (χ2n) is 4.93. The Hall–Kier alpha value is -1.62. The van der Waals surface area contributed by atoms with E-state index in [2.05, 4.69) is 0 Å². The highest BCUT2D eigenvalue weighted by Crippen LogP contribution is 2.37. The number of sulfonamides is 1. The zero-order valence-electron chi connectivity index (χ0n) is 12.0. The first-order chi connectivity index (χ1) is 9.90. The summed E-state index contributed by atoms with van der Waals surface area (Å²) < 4.78 is 31.0. The molecule has 1 aliphatic heterocycles. The minimum Gasteiger partial charge on any atom is -0.493 e. The zero-order valence-corrected chi connectivity index (χ0v) is 12.8. The van der Waals surface area contributed by atoms with E-state index in [1.807, 2.05) is 6.07 Å². The van der Waals surface area contributed by atoms with Crippen LogP contribution in [0.15, 0.2) is 18.2 Å². The van der Waals surface area contributed by atoms with Crippen molar-refractivity contribution in [2.45, 2.75) is 25.5 Å². The van der Waals surface area contributed by atoms with Crippen LogP contribution in [0.3, 0.4) is 0 Å². The van der Waals surface area contributed by atoms with Gasteiger partial charge in [-0.3, -0.25) is 0 Å². The third-order valence-corrected chi connectivity index (χ3v) is 5.52. The number of likely N-dealkylation sites (N-methyl/N-ethyl adjacent to an activating group) is 1. The molecule has 0 fully saturated rings. The molecule has 21 heavy (non-hydrogen) atoms. The average Bonchev–Trinajstić information content (AvgIpc) is 2.63. The van der Waals surface area contributed by atoms with Crippen molar-refractivity contribution in [3.63, 3.8) is 0 Å². The highest BCUT2D eigenvalue weighted by atomic mass is 32.2. The number of benzene rings is 1. The predicted molar refractivity (Wildman–Crippen MR) is 77.2 cm³/mol. The molecular weight excluding hydrogens is 292 g/mol. The van der Waals surface area contributed by atoms with E-state index in [4.69, 9.17) is 10.00 Å².